The Bertz CT molecular complexity index is 1280. The summed E-state index contributed by atoms with van der Waals surface area (Å²) >= 11 is 9.25. The highest BCUT2D eigenvalue weighted by Gasteiger charge is 2.41. The fraction of sp³-hybridized carbons (Fsp3) is 0.400. The molecule has 0 spiro atoms. The van der Waals surface area contributed by atoms with Gasteiger partial charge in [0.1, 0.15) is 12.1 Å². The van der Waals surface area contributed by atoms with Crippen LogP contribution < -0.4 is 14.8 Å². The molecule has 2 fully saturated rings. The van der Waals surface area contributed by atoms with Crippen LogP contribution in [-0.4, -0.2) is 47.6 Å². The molecular weight excluding hydrogens is 539 g/mol. The number of hydrogen-bond donors (Lipinski definition) is 1. The molecule has 1 saturated carbocycles. The average molecular weight is 564 g/mol. The molecule has 1 unspecified atom stereocenters. The minimum atomic E-state index is -0.576. The van der Waals surface area contributed by atoms with Crippen molar-refractivity contribution >= 4 is 55.8 Å². The van der Waals surface area contributed by atoms with Crippen molar-refractivity contribution in [3.05, 3.63) is 45.9 Å². The summed E-state index contributed by atoms with van der Waals surface area (Å²) in [6.07, 6.45) is 3.53. The first kappa shape index (κ1) is 24.1. The van der Waals surface area contributed by atoms with Crippen LogP contribution in [0.15, 0.2) is 35.1 Å². The number of benzene rings is 2. The maximum Gasteiger partial charge on any atom is 0.219 e. The van der Waals surface area contributed by atoms with Crippen LogP contribution in [0.1, 0.15) is 19.8 Å². The standard InChI is InChI=1S/C25H25BrClFN4O3/c1-13(33)32-9-15-5-14(6-16(15)10-32)11-35-22-8-20-17(7-21(22)34-2)25(30-12-29-20)31-19-4-3-18(26)23(27)24(19)28/h3-4,7-8,12,14-16H,5-6,9-11H2,1-2H3,(H,29,30,31)/t14?,15-,16+. The summed E-state index contributed by atoms with van der Waals surface area (Å²) in [5.41, 5.74) is 0.843. The Kier molecular flexibility index (Phi) is 6.72. The molecule has 1 aliphatic carbocycles. The van der Waals surface area contributed by atoms with Crippen LogP contribution in [0.2, 0.25) is 5.02 Å². The summed E-state index contributed by atoms with van der Waals surface area (Å²) in [6.45, 7) is 3.93. The molecule has 0 radical (unpaired) electrons. The molecule has 0 bridgehead atoms. The van der Waals surface area contributed by atoms with E-state index < -0.39 is 5.82 Å². The molecule has 2 heterocycles. The molecule has 3 atom stereocenters. The quantitative estimate of drug-likeness (QED) is 0.381. The normalized spacial score (nSPS) is 21.3. The molecule has 1 aromatic heterocycles. The number of halogens is 3. The highest BCUT2D eigenvalue weighted by Crippen LogP contribution is 2.43. The van der Waals surface area contributed by atoms with Crippen molar-refractivity contribution in [2.75, 3.05) is 32.1 Å². The van der Waals surface area contributed by atoms with E-state index in [1.807, 2.05) is 11.0 Å². The van der Waals surface area contributed by atoms with Gasteiger partial charge in [0, 0.05) is 35.9 Å². The van der Waals surface area contributed by atoms with E-state index in [2.05, 4.69) is 31.2 Å². The fourth-order valence-corrected chi connectivity index (χ4v) is 5.68. The molecule has 1 N–H and O–H groups in total. The maximum absolute atomic E-state index is 14.6. The molecule has 2 aliphatic rings. The zero-order valence-electron chi connectivity index (χ0n) is 19.4. The Hall–Kier alpha value is -2.65. The second kappa shape index (κ2) is 9.78. The Labute approximate surface area is 216 Å². The van der Waals surface area contributed by atoms with Gasteiger partial charge in [-0.2, -0.15) is 0 Å². The van der Waals surface area contributed by atoms with Crippen LogP contribution in [0.3, 0.4) is 0 Å². The SMILES string of the molecule is COc1cc2c(Nc3ccc(Br)c(Cl)c3F)ncnc2cc1OCC1C[C@@H]2CN(C(C)=O)C[C@@H]2C1. The lowest BCUT2D eigenvalue weighted by Gasteiger charge is -2.19. The second-order valence-corrected chi connectivity index (χ2v) is 10.4. The molecule has 35 heavy (non-hydrogen) atoms. The van der Waals surface area contributed by atoms with E-state index in [0.29, 0.717) is 57.1 Å². The van der Waals surface area contributed by atoms with Crippen LogP contribution in [0.5, 0.6) is 11.5 Å². The summed E-state index contributed by atoms with van der Waals surface area (Å²) in [5, 5.41) is 3.66. The predicted octanol–water partition coefficient (Wildman–Crippen LogP) is 5.82. The molecule has 10 heteroatoms. The van der Waals surface area contributed by atoms with E-state index in [1.54, 1.807) is 32.2 Å². The number of fused-ring (bicyclic) bond motifs is 2. The van der Waals surface area contributed by atoms with Gasteiger partial charge in [-0.05, 0) is 64.7 Å². The molecule has 1 aliphatic heterocycles. The van der Waals surface area contributed by atoms with Crippen molar-refractivity contribution in [2.45, 2.75) is 19.8 Å². The number of ether oxygens (including phenoxy) is 2. The van der Waals surface area contributed by atoms with Crippen molar-refractivity contribution in [1.82, 2.24) is 14.9 Å². The maximum atomic E-state index is 14.6. The van der Waals surface area contributed by atoms with Crippen molar-refractivity contribution < 1.29 is 18.7 Å². The van der Waals surface area contributed by atoms with E-state index in [1.165, 1.54) is 6.33 Å². The third-order valence-corrected chi connectivity index (χ3v) is 8.24. The van der Waals surface area contributed by atoms with Crippen LogP contribution in [0, 0.1) is 23.6 Å². The molecule has 2 aromatic carbocycles. The third-order valence-electron chi connectivity index (χ3n) is 6.98. The fourth-order valence-electron chi connectivity index (χ4n) is 5.21. The number of aromatic nitrogens is 2. The minimum Gasteiger partial charge on any atom is -0.493 e. The van der Waals surface area contributed by atoms with Gasteiger partial charge < -0.3 is 19.7 Å². The summed E-state index contributed by atoms with van der Waals surface area (Å²) in [6, 6.07) is 6.86. The lowest BCUT2D eigenvalue weighted by Crippen LogP contribution is -2.27. The number of likely N-dealkylation sites (tertiary alicyclic amines) is 1. The number of amides is 1. The summed E-state index contributed by atoms with van der Waals surface area (Å²) in [4.78, 5) is 22.3. The number of hydrogen-bond acceptors (Lipinski definition) is 6. The van der Waals surface area contributed by atoms with Crippen molar-refractivity contribution in [3.8, 4) is 11.5 Å². The smallest absolute Gasteiger partial charge is 0.219 e. The zero-order valence-corrected chi connectivity index (χ0v) is 21.7. The van der Waals surface area contributed by atoms with Gasteiger partial charge in [-0.3, -0.25) is 4.79 Å². The first-order chi connectivity index (χ1) is 16.8. The van der Waals surface area contributed by atoms with Gasteiger partial charge in [0.25, 0.3) is 0 Å². The molecule has 3 aromatic rings. The Morgan fingerprint density at radius 2 is 1.97 bits per heavy atom. The van der Waals surface area contributed by atoms with Gasteiger partial charge >= 0.3 is 0 Å². The topological polar surface area (TPSA) is 76.6 Å². The molecule has 1 amide bonds. The van der Waals surface area contributed by atoms with E-state index in [0.717, 1.165) is 25.9 Å². The molecule has 7 nitrogen and oxygen atoms in total. The van der Waals surface area contributed by atoms with Gasteiger partial charge in [-0.15, -0.1) is 0 Å². The highest BCUT2D eigenvalue weighted by molar-refractivity contribution is 9.10. The third kappa shape index (κ3) is 4.76. The average Bonchev–Trinajstić information content (AvgIpc) is 3.42. The van der Waals surface area contributed by atoms with Gasteiger partial charge in [0.15, 0.2) is 17.3 Å². The number of carbonyl (C=O) groups is 1. The summed E-state index contributed by atoms with van der Waals surface area (Å²) < 4.78 is 26.9. The first-order valence-electron chi connectivity index (χ1n) is 11.5. The lowest BCUT2D eigenvalue weighted by molar-refractivity contribution is -0.128. The van der Waals surface area contributed by atoms with Gasteiger partial charge in [-0.1, -0.05) is 11.6 Å². The molecular formula is C25H25BrClFN4O3. The van der Waals surface area contributed by atoms with Crippen molar-refractivity contribution in [1.29, 1.82) is 0 Å². The van der Waals surface area contributed by atoms with Crippen LogP contribution in [0.25, 0.3) is 10.9 Å². The van der Waals surface area contributed by atoms with E-state index >= 15 is 0 Å². The second-order valence-electron chi connectivity index (χ2n) is 9.18. The highest BCUT2D eigenvalue weighted by atomic mass is 79.9. The van der Waals surface area contributed by atoms with Crippen molar-refractivity contribution in [3.63, 3.8) is 0 Å². The number of methoxy groups -OCH3 is 1. The predicted molar refractivity (Wildman–Crippen MR) is 136 cm³/mol. The van der Waals surface area contributed by atoms with Gasteiger partial charge in [0.05, 0.1) is 29.9 Å². The Balaban J connectivity index is 1.33. The molecule has 184 valence electrons. The van der Waals surface area contributed by atoms with E-state index in [-0.39, 0.29) is 16.6 Å². The number of rotatable bonds is 6. The molecule has 1 saturated heterocycles. The number of nitrogens with one attached hydrogen (secondary N) is 1. The van der Waals surface area contributed by atoms with Gasteiger partial charge in [0.2, 0.25) is 5.91 Å². The molecule has 5 rings (SSSR count). The number of nitrogens with zero attached hydrogens (tertiary/aromatic N) is 3. The first-order valence-corrected chi connectivity index (χ1v) is 12.6. The lowest BCUT2D eigenvalue weighted by atomic mass is 10.0. The monoisotopic (exact) mass is 562 g/mol. The largest absolute Gasteiger partial charge is 0.493 e. The van der Waals surface area contributed by atoms with Gasteiger partial charge in [-0.25, -0.2) is 14.4 Å². The van der Waals surface area contributed by atoms with E-state index in [9.17, 15) is 9.18 Å². The summed E-state index contributed by atoms with van der Waals surface area (Å²) in [7, 11) is 1.58. The minimum absolute atomic E-state index is 0.00770. The van der Waals surface area contributed by atoms with Crippen LogP contribution in [0.4, 0.5) is 15.9 Å². The number of anilines is 2. The van der Waals surface area contributed by atoms with Crippen molar-refractivity contribution in [2.24, 2.45) is 17.8 Å². The van der Waals surface area contributed by atoms with E-state index in [4.69, 9.17) is 21.1 Å². The number of carbonyl (C=O) groups excluding carboxylic acids is 1. The zero-order chi connectivity index (χ0) is 24.7. The van der Waals surface area contributed by atoms with Crippen LogP contribution in [-0.2, 0) is 4.79 Å². The summed E-state index contributed by atoms with van der Waals surface area (Å²) in [5.74, 6) is 2.71. The Morgan fingerprint density at radius 1 is 1.23 bits per heavy atom. The van der Waals surface area contributed by atoms with Crippen LogP contribution >= 0.6 is 27.5 Å². The Morgan fingerprint density at radius 3 is 2.66 bits per heavy atom.